The Balaban J connectivity index is 0.000001000. The van der Waals surface area contributed by atoms with Crippen LogP contribution >= 0.6 is 0 Å². The van der Waals surface area contributed by atoms with Crippen molar-refractivity contribution in [2.24, 2.45) is 0 Å². The monoisotopic (exact) mass is 148 g/mol. The van der Waals surface area contributed by atoms with Crippen LogP contribution in [0.3, 0.4) is 0 Å². The molecule has 0 heterocycles. The molecule has 0 amide bonds. The van der Waals surface area contributed by atoms with Gasteiger partial charge in [0.25, 0.3) is 0 Å². The fraction of sp³-hybridized carbons (Fsp3) is 0. The Morgan fingerprint density at radius 3 is 2.27 bits per heavy atom. The van der Waals surface area contributed by atoms with Crippen LogP contribution in [-0.4, -0.2) is 29.9 Å². The number of carboxylic acids is 1. The molecule has 0 saturated carbocycles. The van der Waals surface area contributed by atoms with Crippen LogP contribution in [-0.2, 0) is 0 Å². The first-order valence-corrected chi connectivity index (χ1v) is 2.69. The molecule has 2 nitrogen and oxygen atoms in total. The van der Waals surface area contributed by atoms with Crippen LogP contribution in [0, 0.1) is 5.82 Å². The summed E-state index contributed by atoms with van der Waals surface area (Å²) in [5.41, 5.74) is -0.289. The predicted octanol–water partition coefficient (Wildman–Crippen LogP) is 0.875. The molecule has 0 radical (unpaired) electrons. The summed E-state index contributed by atoms with van der Waals surface area (Å²) in [6.45, 7) is 0. The number of rotatable bonds is 1. The number of halogens is 1. The van der Waals surface area contributed by atoms with Gasteiger partial charge in [0.15, 0.2) is 0 Å². The Morgan fingerprint density at radius 1 is 1.36 bits per heavy atom. The number of hydrogen-bond acceptors (Lipinski definition) is 1. The third kappa shape index (κ3) is 2.38. The van der Waals surface area contributed by atoms with E-state index >= 15 is 0 Å². The number of benzene rings is 1. The van der Waals surface area contributed by atoms with Crippen molar-refractivity contribution in [2.45, 2.75) is 0 Å². The Bertz CT molecular complexity index is 262. The molecule has 1 rings (SSSR count). The summed E-state index contributed by atoms with van der Waals surface area (Å²) < 4.78 is 12.5. The standard InChI is InChI=1S/C7H5FO2.Li.H/c8-6-4-2-1-3-5(6)7(9)10;;/h1-4H,(H,9,10);;. The van der Waals surface area contributed by atoms with Crippen molar-refractivity contribution in [2.75, 3.05) is 0 Å². The van der Waals surface area contributed by atoms with E-state index in [1.165, 1.54) is 18.2 Å². The van der Waals surface area contributed by atoms with Crippen LogP contribution < -0.4 is 0 Å². The molecular weight excluding hydrogens is 142 g/mol. The molecule has 11 heavy (non-hydrogen) atoms. The zero-order valence-electron chi connectivity index (χ0n) is 5.04. The van der Waals surface area contributed by atoms with Crippen molar-refractivity contribution in [1.29, 1.82) is 0 Å². The van der Waals surface area contributed by atoms with E-state index in [0.29, 0.717) is 0 Å². The van der Waals surface area contributed by atoms with Crippen LogP contribution in [0.2, 0.25) is 0 Å². The molecule has 0 spiro atoms. The molecule has 1 N–H and O–H groups in total. The van der Waals surface area contributed by atoms with E-state index in [4.69, 9.17) is 5.11 Å². The van der Waals surface area contributed by atoms with Gasteiger partial charge in [-0.1, -0.05) is 12.1 Å². The van der Waals surface area contributed by atoms with Gasteiger partial charge in [0.05, 0.1) is 5.56 Å². The molecular formula is C7H6FLiO2. The minimum absolute atomic E-state index is 0. The average Bonchev–Trinajstić information content (AvgIpc) is 1.88. The van der Waals surface area contributed by atoms with Crippen LogP contribution in [0.4, 0.5) is 4.39 Å². The zero-order valence-corrected chi connectivity index (χ0v) is 5.04. The third-order valence-electron chi connectivity index (χ3n) is 1.10. The Hall–Kier alpha value is -0.783. The van der Waals surface area contributed by atoms with Gasteiger partial charge >= 0.3 is 24.8 Å². The SMILES string of the molecule is O=C(O)c1ccccc1F.[LiH]. The first kappa shape index (κ1) is 10.2. The van der Waals surface area contributed by atoms with Gasteiger partial charge in [-0.2, -0.15) is 0 Å². The average molecular weight is 148 g/mol. The second-order valence-corrected chi connectivity index (χ2v) is 1.78. The van der Waals surface area contributed by atoms with Crippen LogP contribution in [0.15, 0.2) is 24.3 Å². The molecule has 0 bridgehead atoms. The molecule has 0 aliphatic rings. The fourth-order valence-electron chi connectivity index (χ4n) is 0.635. The summed E-state index contributed by atoms with van der Waals surface area (Å²) >= 11 is 0. The first-order chi connectivity index (χ1) is 4.72. The van der Waals surface area contributed by atoms with Crippen LogP contribution in [0.5, 0.6) is 0 Å². The summed E-state index contributed by atoms with van der Waals surface area (Å²) in [6, 6.07) is 5.26. The number of carboxylic acid groups (broad SMARTS) is 1. The summed E-state index contributed by atoms with van der Waals surface area (Å²) in [6.07, 6.45) is 0. The molecule has 1 aromatic rings. The maximum atomic E-state index is 12.5. The summed E-state index contributed by atoms with van der Waals surface area (Å²) in [5, 5.41) is 8.33. The molecule has 0 fully saturated rings. The molecule has 1 aromatic carbocycles. The van der Waals surface area contributed by atoms with E-state index in [0.717, 1.165) is 6.07 Å². The van der Waals surface area contributed by atoms with Crippen molar-refractivity contribution >= 4 is 24.8 Å². The van der Waals surface area contributed by atoms with Crippen molar-refractivity contribution < 1.29 is 14.3 Å². The Morgan fingerprint density at radius 2 is 1.91 bits per heavy atom. The number of carbonyl (C=O) groups is 1. The quantitative estimate of drug-likeness (QED) is 0.600. The van der Waals surface area contributed by atoms with E-state index in [1.807, 2.05) is 0 Å². The minimum atomic E-state index is -1.24. The fourth-order valence-corrected chi connectivity index (χ4v) is 0.635. The third-order valence-corrected chi connectivity index (χ3v) is 1.10. The van der Waals surface area contributed by atoms with Gasteiger partial charge in [0, 0.05) is 0 Å². The zero-order chi connectivity index (χ0) is 7.56. The van der Waals surface area contributed by atoms with Crippen molar-refractivity contribution in [3.63, 3.8) is 0 Å². The van der Waals surface area contributed by atoms with E-state index < -0.39 is 11.8 Å². The van der Waals surface area contributed by atoms with E-state index in [1.54, 1.807) is 0 Å². The van der Waals surface area contributed by atoms with Crippen LogP contribution in [0.25, 0.3) is 0 Å². The van der Waals surface area contributed by atoms with Crippen molar-refractivity contribution in [3.05, 3.63) is 35.6 Å². The van der Waals surface area contributed by atoms with Gasteiger partial charge in [-0.05, 0) is 12.1 Å². The molecule has 0 saturated heterocycles. The van der Waals surface area contributed by atoms with Gasteiger partial charge < -0.3 is 5.11 Å². The van der Waals surface area contributed by atoms with Gasteiger partial charge in [-0.15, -0.1) is 0 Å². The molecule has 54 valence electrons. The number of aromatic carboxylic acids is 1. The topological polar surface area (TPSA) is 37.3 Å². The van der Waals surface area contributed by atoms with Crippen molar-refractivity contribution in [1.82, 2.24) is 0 Å². The molecule has 0 atom stereocenters. The van der Waals surface area contributed by atoms with Gasteiger partial charge in [-0.3, -0.25) is 0 Å². The Kier molecular flexibility index (Phi) is 3.87. The van der Waals surface area contributed by atoms with Gasteiger partial charge in [0.1, 0.15) is 5.82 Å². The molecule has 0 unspecified atom stereocenters. The maximum absolute atomic E-state index is 12.5. The molecule has 0 aliphatic heterocycles. The van der Waals surface area contributed by atoms with E-state index in [2.05, 4.69) is 0 Å². The molecule has 0 aliphatic carbocycles. The van der Waals surface area contributed by atoms with Crippen LogP contribution in [0.1, 0.15) is 10.4 Å². The second-order valence-electron chi connectivity index (χ2n) is 1.78. The van der Waals surface area contributed by atoms with Crippen molar-refractivity contribution in [3.8, 4) is 0 Å². The second kappa shape index (κ2) is 4.17. The van der Waals surface area contributed by atoms with Gasteiger partial charge in [-0.25, -0.2) is 9.18 Å². The van der Waals surface area contributed by atoms with E-state index in [-0.39, 0.29) is 24.4 Å². The van der Waals surface area contributed by atoms with Gasteiger partial charge in [0.2, 0.25) is 0 Å². The number of hydrogen-bond donors (Lipinski definition) is 1. The van der Waals surface area contributed by atoms with E-state index in [9.17, 15) is 9.18 Å². The molecule has 4 heteroatoms. The Labute approximate surface area is 75.2 Å². The normalized spacial score (nSPS) is 8.45. The predicted molar refractivity (Wildman–Crippen MR) is 40.5 cm³/mol. The first-order valence-electron chi connectivity index (χ1n) is 2.69. The molecule has 0 aromatic heterocycles. The summed E-state index contributed by atoms with van der Waals surface area (Å²) in [5.74, 6) is -1.94. The summed E-state index contributed by atoms with van der Waals surface area (Å²) in [7, 11) is 0. The summed E-state index contributed by atoms with van der Waals surface area (Å²) in [4.78, 5) is 10.2.